The molecule has 1 unspecified atom stereocenters. The molecule has 0 aliphatic rings. The van der Waals surface area contributed by atoms with Crippen molar-refractivity contribution in [2.75, 3.05) is 0 Å². The van der Waals surface area contributed by atoms with Gasteiger partial charge >= 0.3 is 0 Å². The molecule has 4 nitrogen and oxygen atoms in total. The normalized spacial score (nSPS) is 12.7. The summed E-state index contributed by atoms with van der Waals surface area (Å²) in [5.74, 6) is 5.62. The fourth-order valence-corrected chi connectivity index (χ4v) is 2.12. The topological polar surface area (TPSA) is 55.9 Å². The quantitative estimate of drug-likeness (QED) is 0.673. The van der Waals surface area contributed by atoms with E-state index in [0.29, 0.717) is 0 Å². The van der Waals surface area contributed by atoms with Crippen molar-refractivity contribution in [3.8, 4) is 0 Å². The molecule has 17 heavy (non-hydrogen) atoms. The van der Waals surface area contributed by atoms with Crippen LogP contribution in [0, 0.1) is 6.92 Å². The molecular weight excluding hydrogens is 280 g/mol. The van der Waals surface area contributed by atoms with E-state index in [1.807, 2.05) is 19.3 Å². The third-order valence-electron chi connectivity index (χ3n) is 2.73. The SMILES string of the molecule is Cc1ccc(C(NN)c2ccn(C)n2)cc1Br. The Labute approximate surface area is 109 Å². The molecule has 1 heterocycles. The summed E-state index contributed by atoms with van der Waals surface area (Å²) < 4.78 is 2.84. The molecule has 0 radical (unpaired) electrons. The molecule has 0 saturated heterocycles. The minimum atomic E-state index is -0.0897. The van der Waals surface area contributed by atoms with E-state index < -0.39 is 0 Å². The summed E-state index contributed by atoms with van der Waals surface area (Å²) in [6, 6.07) is 8.05. The van der Waals surface area contributed by atoms with Crippen molar-refractivity contribution in [2.24, 2.45) is 12.9 Å². The number of nitrogens with two attached hydrogens (primary N) is 1. The molecule has 0 aliphatic heterocycles. The van der Waals surface area contributed by atoms with E-state index in [4.69, 9.17) is 5.84 Å². The molecule has 0 saturated carbocycles. The van der Waals surface area contributed by atoms with Crippen molar-refractivity contribution in [1.82, 2.24) is 15.2 Å². The largest absolute Gasteiger partial charge is 0.275 e. The van der Waals surface area contributed by atoms with Crippen molar-refractivity contribution in [1.29, 1.82) is 0 Å². The van der Waals surface area contributed by atoms with Gasteiger partial charge in [-0.3, -0.25) is 10.5 Å². The second-order valence-electron chi connectivity index (χ2n) is 4.02. The average molecular weight is 295 g/mol. The number of aryl methyl sites for hydroxylation is 2. The van der Waals surface area contributed by atoms with E-state index in [0.717, 1.165) is 15.7 Å². The Morgan fingerprint density at radius 1 is 1.41 bits per heavy atom. The maximum atomic E-state index is 5.62. The Kier molecular flexibility index (Phi) is 3.61. The Morgan fingerprint density at radius 3 is 2.71 bits per heavy atom. The average Bonchev–Trinajstić information content (AvgIpc) is 2.71. The number of halogens is 1. The zero-order chi connectivity index (χ0) is 12.4. The maximum Gasteiger partial charge on any atom is 0.0900 e. The number of benzene rings is 1. The Balaban J connectivity index is 2.38. The lowest BCUT2D eigenvalue weighted by Gasteiger charge is -2.15. The van der Waals surface area contributed by atoms with E-state index in [-0.39, 0.29) is 6.04 Å². The van der Waals surface area contributed by atoms with Crippen LogP contribution in [0.25, 0.3) is 0 Å². The van der Waals surface area contributed by atoms with Crippen molar-refractivity contribution < 1.29 is 0 Å². The predicted molar refractivity (Wildman–Crippen MR) is 71.3 cm³/mol. The lowest BCUT2D eigenvalue weighted by atomic mass is 10.0. The second kappa shape index (κ2) is 5.00. The maximum absolute atomic E-state index is 5.62. The molecular formula is C12H15BrN4. The summed E-state index contributed by atoms with van der Waals surface area (Å²) >= 11 is 3.53. The fourth-order valence-electron chi connectivity index (χ4n) is 1.73. The molecule has 0 spiro atoms. The molecule has 1 aromatic carbocycles. The first-order chi connectivity index (χ1) is 8.11. The highest BCUT2D eigenvalue weighted by Gasteiger charge is 2.15. The number of nitrogens with one attached hydrogen (secondary N) is 1. The molecule has 5 heteroatoms. The molecule has 3 N–H and O–H groups in total. The summed E-state index contributed by atoms with van der Waals surface area (Å²) in [5.41, 5.74) is 5.99. The lowest BCUT2D eigenvalue weighted by molar-refractivity contribution is 0.603. The number of rotatable bonds is 3. The van der Waals surface area contributed by atoms with Crippen molar-refractivity contribution >= 4 is 15.9 Å². The van der Waals surface area contributed by atoms with E-state index in [1.165, 1.54) is 5.56 Å². The van der Waals surface area contributed by atoms with E-state index >= 15 is 0 Å². The Hall–Kier alpha value is -1.17. The highest BCUT2D eigenvalue weighted by molar-refractivity contribution is 9.10. The van der Waals surface area contributed by atoms with Gasteiger partial charge in [0.1, 0.15) is 0 Å². The third kappa shape index (κ3) is 2.57. The van der Waals surface area contributed by atoms with Gasteiger partial charge in [-0.15, -0.1) is 0 Å². The molecule has 2 aromatic rings. The highest BCUT2D eigenvalue weighted by Crippen LogP contribution is 2.25. The highest BCUT2D eigenvalue weighted by atomic mass is 79.9. The van der Waals surface area contributed by atoms with E-state index in [9.17, 15) is 0 Å². The second-order valence-corrected chi connectivity index (χ2v) is 4.88. The minimum absolute atomic E-state index is 0.0897. The van der Waals surface area contributed by atoms with Crippen LogP contribution < -0.4 is 11.3 Å². The van der Waals surface area contributed by atoms with Gasteiger partial charge in [0.25, 0.3) is 0 Å². The summed E-state index contributed by atoms with van der Waals surface area (Å²) in [6.07, 6.45) is 1.91. The van der Waals surface area contributed by atoms with E-state index in [1.54, 1.807) is 4.68 Å². The molecule has 1 aromatic heterocycles. The number of hydrogen-bond donors (Lipinski definition) is 2. The van der Waals surface area contributed by atoms with Crippen molar-refractivity contribution in [3.05, 3.63) is 51.8 Å². The van der Waals surface area contributed by atoms with Gasteiger partial charge in [-0.2, -0.15) is 5.10 Å². The van der Waals surface area contributed by atoms with Crippen LogP contribution in [-0.4, -0.2) is 9.78 Å². The van der Waals surface area contributed by atoms with Crippen LogP contribution in [0.5, 0.6) is 0 Å². The Bertz CT molecular complexity index is 521. The van der Waals surface area contributed by atoms with Gasteiger partial charge in [-0.25, -0.2) is 5.43 Å². The van der Waals surface area contributed by atoms with Gasteiger partial charge in [-0.05, 0) is 30.2 Å². The van der Waals surface area contributed by atoms with Crippen LogP contribution in [0.3, 0.4) is 0 Å². The molecule has 90 valence electrons. The van der Waals surface area contributed by atoms with Crippen LogP contribution in [0.15, 0.2) is 34.9 Å². The first-order valence-electron chi connectivity index (χ1n) is 5.33. The van der Waals surface area contributed by atoms with Crippen molar-refractivity contribution in [2.45, 2.75) is 13.0 Å². The smallest absolute Gasteiger partial charge is 0.0900 e. The monoisotopic (exact) mass is 294 g/mol. The summed E-state index contributed by atoms with van der Waals surface area (Å²) in [4.78, 5) is 0. The van der Waals surface area contributed by atoms with Gasteiger partial charge in [-0.1, -0.05) is 28.1 Å². The van der Waals surface area contributed by atoms with Gasteiger partial charge in [0.05, 0.1) is 11.7 Å². The van der Waals surface area contributed by atoms with Gasteiger partial charge in [0.2, 0.25) is 0 Å². The van der Waals surface area contributed by atoms with Crippen molar-refractivity contribution in [3.63, 3.8) is 0 Å². The predicted octanol–water partition coefficient (Wildman–Crippen LogP) is 2.04. The van der Waals surface area contributed by atoms with Crippen LogP contribution in [0.4, 0.5) is 0 Å². The summed E-state index contributed by atoms with van der Waals surface area (Å²) in [7, 11) is 1.89. The zero-order valence-corrected chi connectivity index (χ0v) is 11.4. The number of hydrazine groups is 1. The first-order valence-corrected chi connectivity index (χ1v) is 6.13. The fraction of sp³-hybridized carbons (Fsp3) is 0.250. The van der Waals surface area contributed by atoms with Gasteiger partial charge in [0.15, 0.2) is 0 Å². The molecule has 0 fully saturated rings. The zero-order valence-electron chi connectivity index (χ0n) is 9.81. The standard InChI is InChI=1S/C12H15BrN4/c1-8-3-4-9(7-10(8)13)12(15-14)11-5-6-17(2)16-11/h3-7,12,15H,14H2,1-2H3. The number of aromatic nitrogens is 2. The number of hydrogen-bond acceptors (Lipinski definition) is 3. The van der Waals surface area contributed by atoms with E-state index in [2.05, 4.69) is 51.6 Å². The van der Waals surface area contributed by atoms with Gasteiger partial charge in [0, 0.05) is 17.7 Å². The molecule has 1 atom stereocenters. The van der Waals surface area contributed by atoms with Crippen LogP contribution in [0.1, 0.15) is 22.9 Å². The molecule has 0 amide bonds. The minimum Gasteiger partial charge on any atom is -0.275 e. The summed E-state index contributed by atoms with van der Waals surface area (Å²) in [5, 5.41) is 4.37. The van der Waals surface area contributed by atoms with Gasteiger partial charge < -0.3 is 0 Å². The van der Waals surface area contributed by atoms with Crippen LogP contribution >= 0.6 is 15.9 Å². The number of nitrogens with zero attached hydrogens (tertiary/aromatic N) is 2. The Morgan fingerprint density at radius 2 is 2.18 bits per heavy atom. The lowest BCUT2D eigenvalue weighted by Crippen LogP contribution is -2.29. The summed E-state index contributed by atoms with van der Waals surface area (Å²) in [6.45, 7) is 2.06. The third-order valence-corrected chi connectivity index (χ3v) is 3.58. The first kappa shape index (κ1) is 12.3. The molecule has 2 rings (SSSR count). The molecule has 0 bridgehead atoms. The molecule has 0 aliphatic carbocycles. The van der Waals surface area contributed by atoms with Crippen LogP contribution in [0.2, 0.25) is 0 Å². The van der Waals surface area contributed by atoms with Crippen LogP contribution in [-0.2, 0) is 7.05 Å².